The number of rotatable bonds is 5. The number of aromatic nitrogens is 2. The van der Waals surface area contributed by atoms with Gasteiger partial charge >= 0.3 is 0 Å². The molecule has 2 heterocycles. The Hall–Kier alpha value is -2.34. The molecule has 1 aromatic carbocycles. The van der Waals surface area contributed by atoms with Crippen molar-refractivity contribution >= 4 is 23.4 Å². The van der Waals surface area contributed by atoms with Gasteiger partial charge in [-0.3, -0.25) is 14.7 Å². The Labute approximate surface area is 164 Å². The van der Waals surface area contributed by atoms with Crippen LogP contribution in [0.2, 0.25) is 5.02 Å². The van der Waals surface area contributed by atoms with Crippen molar-refractivity contribution in [1.29, 1.82) is 0 Å². The summed E-state index contributed by atoms with van der Waals surface area (Å²) in [6.07, 6.45) is 3.53. The minimum absolute atomic E-state index is 0.0192. The third-order valence-corrected chi connectivity index (χ3v) is 5.44. The molecule has 6 nitrogen and oxygen atoms in total. The number of halogens is 1. The highest BCUT2D eigenvalue weighted by molar-refractivity contribution is 6.33. The maximum absolute atomic E-state index is 13.0. The molecule has 0 saturated carbocycles. The molecule has 0 radical (unpaired) electrons. The molecule has 3 rings (SSSR count). The summed E-state index contributed by atoms with van der Waals surface area (Å²) in [6.45, 7) is 5.22. The largest absolute Gasteiger partial charge is 0.341 e. The summed E-state index contributed by atoms with van der Waals surface area (Å²) in [4.78, 5) is 27.5. The molecule has 1 aliphatic rings. The van der Waals surface area contributed by atoms with Gasteiger partial charge in [-0.1, -0.05) is 37.6 Å². The van der Waals surface area contributed by atoms with Crippen LogP contribution in [0.25, 0.3) is 0 Å². The zero-order valence-electron chi connectivity index (χ0n) is 15.6. The van der Waals surface area contributed by atoms with Crippen molar-refractivity contribution in [3.05, 3.63) is 52.8 Å². The van der Waals surface area contributed by atoms with Crippen LogP contribution in [0.5, 0.6) is 0 Å². The van der Waals surface area contributed by atoms with Gasteiger partial charge in [0.05, 0.1) is 10.6 Å². The average Bonchev–Trinajstić information content (AvgIpc) is 3.20. The Morgan fingerprint density at radius 3 is 2.52 bits per heavy atom. The lowest BCUT2D eigenvalue weighted by Gasteiger charge is -2.35. The van der Waals surface area contributed by atoms with E-state index >= 15 is 0 Å². The second kappa shape index (κ2) is 8.57. The van der Waals surface area contributed by atoms with Gasteiger partial charge in [-0.2, -0.15) is 5.10 Å². The maximum atomic E-state index is 13.0. The number of piperidine rings is 1. The monoisotopic (exact) mass is 388 g/mol. The first-order valence-electron chi connectivity index (χ1n) is 9.31. The van der Waals surface area contributed by atoms with E-state index in [1.165, 1.54) is 0 Å². The van der Waals surface area contributed by atoms with E-state index in [0.717, 1.165) is 18.5 Å². The van der Waals surface area contributed by atoms with E-state index in [-0.39, 0.29) is 17.7 Å². The van der Waals surface area contributed by atoms with Crippen molar-refractivity contribution in [3.63, 3.8) is 0 Å². The number of nitrogens with zero attached hydrogens (tertiary/aromatic N) is 2. The first kappa shape index (κ1) is 19.4. The maximum Gasteiger partial charge on any atom is 0.253 e. The standard InChI is InChI=1S/C20H25ClN4O2/c1-13(2)18(23-19(26)15-5-3-4-6-16(15)21)20(27)25-11-8-14(9-12-25)17-7-10-22-24-17/h3-7,10,13-14,18H,8-9,11-12H2,1-2H3,(H,22,24)(H,23,26). The minimum Gasteiger partial charge on any atom is -0.341 e. The van der Waals surface area contributed by atoms with Crippen LogP contribution in [0.15, 0.2) is 36.5 Å². The first-order chi connectivity index (χ1) is 13.0. The van der Waals surface area contributed by atoms with Gasteiger partial charge < -0.3 is 10.2 Å². The first-order valence-corrected chi connectivity index (χ1v) is 9.68. The van der Waals surface area contributed by atoms with Crippen LogP contribution in [-0.2, 0) is 4.79 Å². The number of benzene rings is 1. The van der Waals surface area contributed by atoms with Gasteiger partial charge in [0.2, 0.25) is 5.91 Å². The molecule has 27 heavy (non-hydrogen) atoms. The van der Waals surface area contributed by atoms with Crippen LogP contribution in [0.4, 0.5) is 0 Å². The zero-order valence-corrected chi connectivity index (χ0v) is 16.4. The van der Waals surface area contributed by atoms with E-state index in [1.807, 2.05) is 24.8 Å². The Balaban J connectivity index is 1.64. The number of hydrogen-bond donors (Lipinski definition) is 2. The number of carbonyl (C=O) groups is 2. The Morgan fingerprint density at radius 1 is 1.22 bits per heavy atom. The number of amides is 2. The van der Waals surface area contributed by atoms with E-state index < -0.39 is 6.04 Å². The van der Waals surface area contributed by atoms with E-state index in [2.05, 4.69) is 15.5 Å². The van der Waals surface area contributed by atoms with Crippen LogP contribution in [0.3, 0.4) is 0 Å². The number of hydrogen-bond acceptors (Lipinski definition) is 3. The normalized spacial score (nSPS) is 16.4. The van der Waals surface area contributed by atoms with Gasteiger partial charge in [0.15, 0.2) is 0 Å². The van der Waals surface area contributed by atoms with Crippen LogP contribution in [-0.4, -0.2) is 46.0 Å². The molecule has 1 fully saturated rings. The highest BCUT2D eigenvalue weighted by Gasteiger charge is 2.32. The second-order valence-electron chi connectivity index (χ2n) is 7.29. The van der Waals surface area contributed by atoms with Crippen molar-refractivity contribution in [3.8, 4) is 0 Å². The summed E-state index contributed by atoms with van der Waals surface area (Å²) in [5, 5.41) is 10.3. The highest BCUT2D eigenvalue weighted by Crippen LogP contribution is 2.27. The lowest BCUT2D eigenvalue weighted by atomic mass is 9.92. The number of nitrogens with one attached hydrogen (secondary N) is 2. The highest BCUT2D eigenvalue weighted by atomic mass is 35.5. The molecule has 2 amide bonds. The van der Waals surface area contributed by atoms with E-state index in [4.69, 9.17) is 11.6 Å². The molecular formula is C20H25ClN4O2. The van der Waals surface area contributed by atoms with Crippen molar-refractivity contribution in [2.24, 2.45) is 5.92 Å². The molecule has 0 aliphatic carbocycles. The van der Waals surface area contributed by atoms with E-state index in [9.17, 15) is 9.59 Å². The Morgan fingerprint density at radius 2 is 1.93 bits per heavy atom. The minimum atomic E-state index is -0.572. The van der Waals surface area contributed by atoms with Crippen LogP contribution >= 0.6 is 11.6 Å². The molecule has 0 bridgehead atoms. The Bertz CT molecular complexity index is 783. The predicted octanol–water partition coefficient (Wildman–Crippen LogP) is 3.22. The molecule has 1 atom stereocenters. The summed E-state index contributed by atoms with van der Waals surface area (Å²) in [6, 6.07) is 8.28. The molecule has 0 spiro atoms. The molecule has 1 saturated heterocycles. The second-order valence-corrected chi connectivity index (χ2v) is 7.69. The van der Waals surface area contributed by atoms with E-state index in [0.29, 0.717) is 29.6 Å². The molecular weight excluding hydrogens is 364 g/mol. The number of H-pyrrole nitrogens is 1. The molecule has 1 aliphatic heterocycles. The third kappa shape index (κ3) is 4.50. The van der Waals surface area contributed by atoms with Gasteiger partial charge in [-0.05, 0) is 37.0 Å². The van der Waals surface area contributed by atoms with Gasteiger partial charge in [-0.15, -0.1) is 0 Å². The fourth-order valence-corrected chi connectivity index (χ4v) is 3.70. The van der Waals surface area contributed by atoms with Crippen LogP contribution < -0.4 is 5.32 Å². The average molecular weight is 389 g/mol. The molecule has 1 aromatic heterocycles. The number of aromatic amines is 1. The quantitative estimate of drug-likeness (QED) is 0.825. The van der Waals surface area contributed by atoms with E-state index in [1.54, 1.807) is 30.5 Å². The number of likely N-dealkylation sites (tertiary alicyclic amines) is 1. The lowest BCUT2D eigenvalue weighted by Crippen LogP contribution is -2.52. The van der Waals surface area contributed by atoms with Crippen molar-refractivity contribution in [1.82, 2.24) is 20.4 Å². The predicted molar refractivity (Wildman–Crippen MR) is 105 cm³/mol. The molecule has 2 aromatic rings. The summed E-state index contributed by atoms with van der Waals surface area (Å²) < 4.78 is 0. The lowest BCUT2D eigenvalue weighted by molar-refractivity contribution is -0.135. The smallest absolute Gasteiger partial charge is 0.253 e. The van der Waals surface area contributed by atoms with Gasteiger partial charge in [0, 0.05) is 30.9 Å². The van der Waals surface area contributed by atoms with Crippen LogP contribution in [0, 0.1) is 5.92 Å². The SMILES string of the molecule is CC(C)C(NC(=O)c1ccccc1Cl)C(=O)N1CCC(c2ccn[nH]2)CC1. The zero-order chi connectivity index (χ0) is 19.4. The summed E-state index contributed by atoms with van der Waals surface area (Å²) in [7, 11) is 0. The van der Waals surface area contributed by atoms with Crippen LogP contribution in [0.1, 0.15) is 48.7 Å². The fraction of sp³-hybridized carbons (Fsp3) is 0.450. The molecule has 7 heteroatoms. The van der Waals surface area contributed by atoms with Crippen molar-refractivity contribution in [2.45, 2.75) is 38.6 Å². The molecule has 144 valence electrons. The number of carbonyl (C=O) groups excluding carboxylic acids is 2. The van der Waals surface area contributed by atoms with Gasteiger partial charge in [0.25, 0.3) is 5.91 Å². The fourth-order valence-electron chi connectivity index (χ4n) is 3.48. The van der Waals surface area contributed by atoms with Crippen molar-refractivity contribution < 1.29 is 9.59 Å². The summed E-state index contributed by atoms with van der Waals surface area (Å²) >= 11 is 6.11. The third-order valence-electron chi connectivity index (χ3n) is 5.11. The van der Waals surface area contributed by atoms with Gasteiger partial charge in [0.1, 0.15) is 6.04 Å². The summed E-state index contributed by atoms with van der Waals surface area (Å²) in [5.41, 5.74) is 1.50. The Kier molecular flexibility index (Phi) is 6.16. The van der Waals surface area contributed by atoms with Gasteiger partial charge in [-0.25, -0.2) is 0 Å². The topological polar surface area (TPSA) is 78.1 Å². The summed E-state index contributed by atoms with van der Waals surface area (Å²) in [5.74, 6) is 0.0227. The molecule has 2 N–H and O–H groups in total. The molecule has 1 unspecified atom stereocenters. The van der Waals surface area contributed by atoms with Crippen molar-refractivity contribution in [2.75, 3.05) is 13.1 Å².